The van der Waals surface area contributed by atoms with Gasteiger partial charge in [-0.05, 0) is 18.4 Å². The summed E-state index contributed by atoms with van der Waals surface area (Å²) in [7, 11) is 3.01. The number of carbonyl (C=O) groups excluding carboxylic acids is 1. The van der Waals surface area contributed by atoms with Gasteiger partial charge in [0.1, 0.15) is 0 Å². The summed E-state index contributed by atoms with van der Waals surface area (Å²) in [6, 6.07) is 3.60. The smallest absolute Gasteiger partial charge is 0.287 e. The molecule has 4 aromatic rings. The summed E-state index contributed by atoms with van der Waals surface area (Å²) in [4.78, 5) is 43.4. The topological polar surface area (TPSA) is 78.4 Å². The minimum atomic E-state index is -0.425. The first-order valence-corrected chi connectivity index (χ1v) is 8.77. The molecule has 0 atom stereocenters. The minimum Gasteiger partial charge on any atom is -0.287 e. The van der Waals surface area contributed by atoms with E-state index >= 15 is 0 Å². The second-order valence-electron chi connectivity index (χ2n) is 5.43. The lowest BCUT2D eigenvalue weighted by Crippen LogP contribution is -2.37. The van der Waals surface area contributed by atoms with Gasteiger partial charge >= 0.3 is 5.69 Å². The maximum Gasteiger partial charge on any atom is 0.332 e. The lowest BCUT2D eigenvalue weighted by molar-refractivity contribution is 0.104. The maximum atomic E-state index is 12.6. The number of thiophene rings is 1. The number of ketones is 1. The van der Waals surface area contributed by atoms with E-state index < -0.39 is 11.2 Å². The molecular formula is C15H12N4O3S2. The van der Waals surface area contributed by atoms with Crippen molar-refractivity contribution in [3.8, 4) is 0 Å². The summed E-state index contributed by atoms with van der Waals surface area (Å²) in [5.74, 6) is -0.0761. The van der Waals surface area contributed by atoms with Gasteiger partial charge in [-0.25, -0.2) is 9.78 Å². The Morgan fingerprint density at radius 3 is 2.62 bits per heavy atom. The van der Waals surface area contributed by atoms with Crippen LogP contribution in [0.3, 0.4) is 0 Å². The van der Waals surface area contributed by atoms with Crippen LogP contribution in [0, 0.1) is 6.92 Å². The van der Waals surface area contributed by atoms with Crippen molar-refractivity contribution >= 4 is 44.6 Å². The Kier molecular flexibility index (Phi) is 3.12. The number of nitrogens with zero attached hydrogens (tertiary/aromatic N) is 4. The van der Waals surface area contributed by atoms with Gasteiger partial charge in [-0.2, -0.15) is 0 Å². The molecule has 24 heavy (non-hydrogen) atoms. The molecule has 122 valence electrons. The molecule has 0 saturated heterocycles. The number of thiazole rings is 1. The number of hydrogen-bond donors (Lipinski definition) is 0. The quantitative estimate of drug-likeness (QED) is 0.508. The number of fused-ring (bicyclic) bond motifs is 3. The van der Waals surface area contributed by atoms with Crippen LogP contribution in [-0.2, 0) is 14.1 Å². The van der Waals surface area contributed by atoms with Gasteiger partial charge in [0.05, 0.1) is 9.75 Å². The number of aromatic nitrogens is 4. The van der Waals surface area contributed by atoms with Crippen LogP contribution in [0.2, 0.25) is 0 Å². The van der Waals surface area contributed by atoms with Crippen LogP contribution in [0.1, 0.15) is 20.2 Å². The van der Waals surface area contributed by atoms with E-state index in [1.54, 1.807) is 24.4 Å². The molecule has 0 radical (unpaired) electrons. The lowest BCUT2D eigenvalue weighted by Gasteiger charge is -2.03. The summed E-state index contributed by atoms with van der Waals surface area (Å²) < 4.78 is 4.06. The summed E-state index contributed by atoms with van der Waals surface area (Å²) in [6.07, 6.45) is 0. The van der Waals surface area contributed by atoms with Gasteiger partial charge < -0.3 is 0 Å². The Morgan fingerprint density at radius 2 is 1.96 bits per heavy atom. The largest absolute Gasteiger partial charge is 0.332 e. The summed E-state index contributed by atoms with van der Waals surface area (Å²) in [5.41, 5.74) is 0.454. The molecule has 4 rings (SSSR count). The van der Waals surface area contributed by atoms with Crippen molar-refractivity contribution < 1.29 is 4.79 Å². The zero-order valence-corrected chi connectivity index (χ0v) is 14.7. The molecule has 0 aliphatic heterocycles. The van der Waals surface area contributed by atoms with E-state index in [0.717, 1.165) is 4.57 Å². The first kappa shape index (κ1) is 15.0. The Hall–Kier alpha value is -2.52. The standard InChI is InChI=1S/C15H12N4O3S2/c1-7-11(10(20)8-5-4-6-23-8)24-14-16-12-9(19(7)14)13(21)18(3)15(22)17(12)2/h4-6H,1-3H3. The zero-order valence-electron chi connectivity index (χ0n) is 13.1. The predicted molar refractivity (Wildman–Crippen MR) is 93.5 cm³/mol. The summed E-state index contributed by atoms with van der Waals surface area (Å²) in [6.45, 7) is 1.79. The monoisotopic (exact) mass is 360 g/mol. The fraction of sp³-hybridized carbons (Fsp3) is 0.200. The molecule has 4 heterocycles. The summed E-state index contributed by atoms with van der Waals surface area (Å²) in [5, 5.41) is 1.85. The molecule has 4 aromatic heterocycles. The number of carbonyl (C=O) groups is 1. The first-order valence-electron chi connectivity index (χ1n) is 7.07. The first-order chi connectivity index (χ1) is 11.4. The number of imidazole rings is 1. The van der Waals surface area contributed by atoms with Crippen LogP contribution in [0.5, 0.6) is 0 Å². The summed E-state index contributed by atoms with van der Waals surface area (Å²) >= 11 is 2.61. The second-order valence-corrected chi connectivity index (χ2v) is 7.36. The lowest BCUT2D eigenvalue weighted by atomic mass is 10.2. The van der Waals surface area contributed by atoms with Crippen molar-refractivity contribution in [1.29, 1.82) is 0 Å². The predicted octanol–water partition coefficient (Wildman–Crippen LogP) is 1.55. The molecule has 0 amide bonds. The van der Waals surface area contributed by atoms with Crippen molar-refractivity contribution in [2.45, 2.75) is 6.92 Å². The zero-order chi connectivity index (χ0) is 17.2. The number of hydrogen-bond acceptors (Lipinski definition) is 6. The van der Waals surface area contributed by atoms with Gasteiger partial charge in [0.2, 0.25) is 5.78 Å². The fourth-order valence-electron chi connectivity index (χ4n) is 2.75. The molecule has 0 unspecified atom stereocenters. The van der Waals surface area contributed by atoms with Crippen LogP contribution in [-0.4, -0.2) is 24.3 Å². The maximum absolute atomic E-state index is 12.6. The Labute approximate surface area is 143 Å². The molecule has 7 nitrogen and oxygen atoms in total. The highest BCUT2D eigenvalue weighted by Gasteiger charge is 2.23. The third kappa shape index (κ3) is 1.82. The molecule has 9 heteroatoms. The molecule has 0 N–H and O–H groups in total. The van der Waals surface area contributed by atoms with Crippen LogP contribution in [0.4, 0.5) is 0 Å². The van der Waals surface area contributed by atoms with Crippen LogP contribution in [0.15, 0.2) is 27.1 Å². The molecule has 0 bridgehead atoms. The SMILES string of the molecule is Cc1c(C(=O)c2cccs2)sc2nc3c(c(=O)n(C)c(=O)n3C)n12. The molecule has 0 spiro atoms. The third-order valence-electron chi connectivity index (χ3n) is 4.04. The van der Waals surface area contributed by atoms with Gasteiger partial charge in [0.15, 0.2) is 16.1 Å². The van der Waals surface area contributed by atoms with Gasteiger partial charge in [0.25, 0.3) is 5.56 Å². The third-order valence-corrected chi connectivity index (χ3v) is 6.05. The Bertz CT molecular complexity index is 1240. The molecular weight excluding hydrogens is 348 g/mol. The van der Waals surface area contributed by atoms with E-state index in [-0.39, 0.29) is 5.78 Å². The number of rotatable bonds is 2. The Morgan fingerprint density at radius 1 is 1.21 bits per heavy atom. The van der Waals surface area contributed by atoms with Gasteiger partial charge in [-0.3, -0.25) is 23.1 Å². The molecule has 0 aliphatic carbocycles. The highest BCUT2D eigenvalue weighted by molar-refractivity contribution is 7.20. The van der Waals surface area contributed by atoms with Crippen LogP contribution >= 0.6 is 22.7 Å². The van der Waals surface area contributed by atoms with Crippen molar-refractivity contribution in [2.24, 2.45) is 14.1 Å². The van der Waals surface area contributed by atoms with E-state index in [1.807, 2.05) is 11.4 Å². The van der Waals surface area contributed by atoms with Crippen molar-refractivity contribution in [1.82, 2.24) is 18.5 Å². The fourth-order valence-corrected chi connectivity index (χ4v) is 4.56. The highest BCUT2D eigenvalue weighted by Crippen LogP contribution is 2.28. The van der Waals surface area contributed by atoms with Crippen molar-refractivity contribution in [3.05, 3.63) is 53.8 Å². The Balaban J connectivity index is 2.10. The van der Waals surface area contributed by atoms with Gasteiger partial charge in [-0.1, -0.05) is 17.4 Å². The van der Waals surface area contributed by atoms with E-state index in [1.165, 1.54) is 34.3 Å². The van der Waals surface area contributed by atoms with E-state index in [2.05, 4.69) is 4.98 Å². The molecule has 0 aromatic carbocycles. The van der Waals surface area contributed by atoms with Crippen LogP contribution in [0.25, 0.3) is 16.1 Å². The van der Waals surface area contributed by atoms with Gasteiger partial charge in [-0.15, -0.1) is 11.3 Å². The normalized spacial score (nSPS) is 11.6. The average molecular weight is 360 g/mol. The van der Waals surface area contributed by atoms with E-state index in [4.69, 9.17) is 0 Å². The molecule has 0 fully saturated rings. The highest BCUT2D eigenvalue weighted by atomic mass is 32.1. The minimum absolute atomic E-state index is 0.0761. The molecule has 0 aliphatic rings. The van der Waals surface area contributed by atoms with Gasteiger partial charge in [0, 0.05) is 19.8 Å². The van der Waals surface area contributed by atoms with Crippen LogP contribution < -0.4 is 11.2 Å². The van der Waals surface area contributed by atoms with Crippen molar-refractivity contribution in [3.63, 3.8) is 0 Å². The second kappa shape index (κ2) is 4.99. The number of aryl methyl sites for hydroxylation is 2. The van der Waals surface area contributed by atoms with Crippen molar-refractivity contribution in [2.75, 3.05) is 0 Å². The molecule has 0 saturated carbocycles. The average Bonchev–Trinajstić information content (AvgIpc) is 3.27. The van der Waals surface area contributed by atoms with E-state index in [0.29, 0.717) is 31.6 Å². The van der Waals surface area contributed by atoms with E-state index in [9.17, 15) is 14.4 Å².